The van der Waals surface area contributed by atoms with E-state index in [1.54, 1.807) is 7.05 Å². The fourth-order valence-corrected chi connectivity index (χ4v) is 2.88. The van der Waals surface area contributed by atoms with Crippen LogP contribution in [0.25, 0.3) is 0 Å². The summed E-state index contributed by atoms with van der Waals surface area (Å²) in [6.45, 7) is 1.21. The van der Waals surface area contributed by atoms with Crippen LogP contribution in [0.5, 0.6) is 5.75 Å². The molecule has 0 saturated carbocycles. The van der Waals surface area contributed by atoms with E-state index in [0.29, 0.717) is 6.61 Å². The summed E-state index contributed by atoms with van der Waals surface area (Å²) in [6.07, 6.45) is 0.885. The van der Waals surface area contributed by atoms with Gasteiger partial charge in [0.05, 0.1) is 25.9 Å². The number of rotatable bonds is 4. The number of carboxylic acids is 1. The maximum absolute atomic E-state index is 11.6. The Labute approximate surface area is 111 Å². The summed E-state index contributed by atoms with van der Waals surface area (Å²) in [7, 11) is 1.79. The second-order valence-electron chi connectivity index (χ2n) is 5.14. The summed E-state index contributed by atoms with van der Waals surface area (Å²) in [6, 6.07) is 5.67. The van der Waals surface area contributed by atoms with E-state index in [9.17, 15) is 9.90 Å². The number of fused-ring (bicyclic) bond motifs is 1. The first-order valence-electron chi connectivity index (χ1n) is 6.41. The van der Waals surface area contributed by atoms with Gasteiger partial charge in [0.1, 0.15) is 11.2 Å². The number of carboxylic acid groups (broad SMARTS) is 1. The van der Waals surface area contributed by atoms with E-state index in [-0.39, 0.29) is 19.3 Å². The van der Waals surface area contributed by atoms with Crippen LogP contribution in [-0.4, -0.2) is 37.9 Å². The molecule has 0 amide bonds. The number of ether oxygens (including phenoxy) is 2. The fourth-order valence-electron chi connectivity index (χ4n) is 2.88. The van der Waals surface area contributed by atoms with Crippen molar-refractivity contribution in [2.24, 2.45) is 5.41 Å². The summed E-state index contributed by atoms with van der Waals surface area (Å²) in [5.41, 5.74) is 1.28. The van der Waals surface area contributed by atoms with Crippen molar-refractivity contribution in [2.75, 3.05) is 26.9 Å². The zero-order valence-electron chi connectivity index (χ0n) is 10.8. The molecule has 0 aliphatic carbocycles. The smallest absolute Gasteiger partial charge is 0.316 e. The van der Waals surface area contributed by atoms with Gasteiger partial charge in [-0.2, -0.15) is 0 Å². The van der Waals surface area contributed by atoms with Crippen molar-refractivity contribution >= 4 is 5.97 Å². The molecule has 19 heavy (non-hydrogen) atoms. The van der Waals surface area contributed by atoms with Gasteiger partial charge in [0.2, 0.25) is 0 Å². The van der Waals surface area contributed by atoms with E-state index in [4.69, 9.17) is 9.47 Å². The minimum atomic E-state index is -0.859. The first-order valence-corrected chi connectivity index (χ1v) is 6.41. The second kappa shape index (κ2) is 4.51. The van der Waals surface area contributed by atoms with Crippen LogP contribution < -0.4 is 10.1 Å². The van der Waals surface area contributed by atoms with Gasteiger partial charge in [0, 0.05) is 6.42 Å². The summed E-state index contributed by atoms with van der Waals surface area (Å²) < 4.78 is 10.6. The minimum absolute atomic E-state index is 0.246. The Morgan fingerprint density at radius 1 is 1.47 bits per heavy atom. The van der Waals surface area contributed by atoms with Gasteiger partial charge in [-0.05, 0) is 24.2 Å². The average Bonchev–Trinajstić information content (AvgIpc) is 2.79. The van der Waals surface area contributed by atoms with Crippen molar-refractivity contribution in [2.45, 2.75) is 12.5 Å². The monoisotopic (exact) mass is 263 g/mol. The van der Waals surface area contributed by atoms with Crippen molar-refractivity contribution in [3.8, 4) is 5.75 Å². The zero-order valence-corrected chi connectivity index (χ0v) is 10.8. The van der Waals surface area contributed by atoms with Crippen LogP contribution in [-0.2, 0) is 16.0 Å². The molecule has 5 heteroatoms. The molecule has 2 heterocycles. The van der Waals surface area contributed by atoms with Gasteiger partial charge in [-0.15, -0.1) is 0 Å². The van der Waals surface area contributed by atoms with Crippen molar-refractivity contribution < 1.29 is 19.4 Å². The Morgan fingerprint density at radius 3 is 2.84 bits per heavy atom. The van der Waals surface area contributed by atoms with Gasteiger partial charge < -0.3 is 19.9 Å². The van der Waals surface area contributed by atoms with E-state index >= 15 is 0 Å². The molecule has 1 unspecified atom stereocenters. The van der Waals surface area contributed by atoms with Crippen LogP contribution in [0.4, 0.5) is 0 Å². The Bertz CT molecular complexity index is 510. The molecule has 2 N–H and O–H groups in total. The Hall–Kier alpha value is -1.59. The molecule has 0 aromatic heterocycles. The van der Waals surface area contributed by atoms with Gasteiger partial charge in [-0.25, -0.2) is 0 Å². The largest absolute Gasteiger partial charge is 0.493 e. The van der Waals surface area contributed by atoms with Crippen LogP contribution in [0.3, 0.4) is 0 Å². The maximum atomic E-state index is 11.6. The normalized spacial score (nSPS) is 21.1. The maximum Gasteiger partial charge on any atom is 0.316 e. The first-order chi connectivity index (χ1) is 9.17. The summed E-state index contributed by atoms with van der Waals surface area (Å²) in [4.78, 5) is 11.6. The lowest BCUT2D eigenvalue weighted by Gasteiger charge is -2.43. The first kappa shape index (κ1) is 12.4. The molecule has 2 aliphatic heterocycles. The molecule has 1 fully saturated rings. The van der Waals surface area contributed by atoms with Crippen LogP contribution in [0.15, 0.2) is 18.2 Å². The fraction of sp³-hybridized carbons (Fsp3) is 0.500. The highest BCUT2D eigenvalue weighted by Gasteiger charge is 2.52. The molecule has 1 aromatic rings. The Balaban J connectivity index is 1.96. The summed E-state index contributed by atoms with van der Waals surface area (Å²) in [5.74, 6) is 0.0997. The molecule has 102 valence electrons. The topological polar surface area (TPSA) is 67.8 Å². The third kappa shape index (κ3) is 1.81. The van der Waals surface area contributed by atoms with Crippen molar-refractivity contribution in [1.82, 2.24) is 5.32 Å². The molecular formula is C14H17NO4. The van der Waals surface area contributed by atoms with E-state index in [1.165, 1.54) is 0 Å². The lowest BCUT2D eigenvalue weighted by atomic mass is 9.75. The van der Waals surface area contributed by atoms with E-state index < -0.39 is 11.4 Å². The van der Waals surface area contributed by atoms with Gasteiger partial charge in [0.15, 0.2) is 0 Å². The predicted molar refractivity (Wildman–Crippen MR) is 68.3 cm³/mol. The number of aliphatic carboxylic acids is 1. The minimum Gasteiger partial charge on any atom is -0.493 e. The number of benzene rings is 1. The third-order valence-electron chi connectivity index (χ3n) is 4.03. The van der Waals surface area contributed by atoms with Crippen LogP contribution in [0.2, 0.25) is 0 Å². The summed E-state index contributed by atoms with van der Waals surface area (Å²) >= 11 is 0. The average molecular weight is 263 g/mol. The van der Waals surface area contributed by atoms with E-state index in [1.807, 2.05) is 18.2 Å². The molecule has 0 radical (unpaired) electrons. The molecule has 5 nitrogen and oxygen atoms in total. The number of nitrogens with one attached hydrogen (secondary N) is 1. The SMILES string of the molecule is CNC(c1ccc2c(c1)CCO2)C1(C(=O)O)COC1. The van der Waals surface area contributed by atoms with Gasteiger partial charge in [-0.1, -0.05) is 12.1 Å². The van der Waals surface area contributed by atoms with Crippen molar-refractivity contribution in [1.29, 1.82) is 0 Å². The van der Waals surface area contributed by atoms with E-state index in [0.717, 1.165) is 23.3 Å². The van der Waals surface area contributed by atoms with E-state index in [2.05, 4.69) is 5.32 Å². The molecule has 1 saturated heterocycles. The zero-order chi connectivity index (χ0) is 13.5. The number of carbonyl (C=O) groups is 1. The lowest BCUT2D eigenvalue weighted by molar-refractivity contribution is -0.186. The third-order valence-corrected chi connectivity index (χ3v) is 4.03. The molecule has 0 bridgehead atoms. The van der Waals surface area contributed by atoms with Crippen molar-refractivity contribution in [3.05, 3.63) is 29.3 Å². The molecular weight excluding hydrogens is 246 g/mol. The molecule has 1 aromatic carbocycles. The number of hydrogen-bond donors (Lipinski definition) is 2. The van der Waals surface area contributed by atoms with Gasteiger partial charge in [-0.3, -0.25) is 4.79 Å². The van der Waals surface area contributed by atoms with Crippen LogP contribution in [0, 0.1) is 5.41 Å². The van der Waals surface area contributed by atoms with Crippen LogP contribution in [0.1, 0.15) is 17.2 Å². The standard InChI is InChI=1S/C14H17NO4/c1-15-12(14(13(16)17)7-18-8-14)10-2-3-11-9(6-10)4-5-19-11/h2-3,6,12,15H,4-5,7-8H2,1H3,(H,16,17). The Kier molecular flexibility index (Phi) is 2.95. The van der Waals surface area contributed by atoms with Gasteiger partial charge in [0.25, 0.3) is 0 Å². The lowest BCUT2D eigenvalue weighted by Crippen LogP contribution is -2.56. The summed E-state index contributed by atoms with van der Waals surface area (Å²) in [5, 5.41) is 12.6. The Morgan fingerprint density at radius 2 is 2.26 bits per heavy atom. The highest BCUT2D eigenvalue weighted by molar-refractivity contribution is 5.77. The quantitative estimate of drug-likeness (QED) is 0.847. The highest BCUT2D eigenvalue weighted by Crippen LogP contribution is 2.42. The number of hydrogen-bond acceptors (Lipinski definition) is 4. The van der Waals surface area contributed by atoms with Crippen LogP contribution >= 0.6 is 0 Å². The molecule has 1 atom stereocenters. The predicted octanol–water partition coefficient (Wildman–Crippen LogP) is 0.983. The molecule has 0 spiro atoms. The molecule has 2 aliphatic rings. The van der Waals surface area contributed by atoms with Gasteiger partial charge >= 0.3 is 5.97 Å². The highest BCUT2D eigenvalue weighted by atomic mass is 16.5. The molecule has 3 rings (SSSR count). The second-order valence-corrected chi connectivity index (χ2v) is 5.14. The van der Waals surface area contributed by atoms with Crippen molar-refractivity contribution in [3.63, 3.8) is 0 Å².